The number of esters is 1. The van der Waals surface area contributed by atoms with Crippen LogP contribution in [0, 0.1) is 0 Å². The van der Waals surface area contributed by atoms with Crippen molar-refractivity contribution < 1.29 is 13.9 Å². The summed E-state index contributed by atoms with van der Waals surface area (Å²) in [7, 11) is 0. The van der Waals surface area contributed by atoms with Gasteiger partial charge in [-0.1, -0.05) is 6.58 Å². The molecule has 0 radical (unpaired) electrons. The quantitative estimate of drug-likeness (QED) is 0.774. The van der Waals surface area contributed by atoms with Crippen molar-refractivity contribution in [3.63, 3.8) is 0 Å². The highest BCUT2D eigenvalue weighted by Crippen LogP contribution is 2.27. The van der Waals surface area contributed by atoms with Crippen LogP contribution in [0.4, 0.5) is 0 Å². The van der Waals surface area contributed by atoms with Gasteiger partial charge < -0.3 is 9.15 Å². The van der Waals surface area contributed by atoms with E-state index in [9.17, 15) is 4.79 Å². The summed E-state index contributed by atoms with van der Waals surface area (Å²) in [5.41, 5.74) is 1.12. The number of hydrogen-bond donors (Lipinski definition) is 0. The normalized spacial score (nSPS) is 10.1. The smallest absolute Gasteiger partial charge is 0.342 e. The Bertz CT molecular complexity index is 558. The zero-order valence-electron chi connectivity index (χ0n) is 10.1. The van der Waals surface area contributed by atoms with Crippen LogP contribution in [0.25, 0.3) is 17.4 Å². The van der Waals surface area contributed by atoms with Crippen molar-refractivity contribution in [2.45, 2.75) is 6.92 Å². The Labute approximate surface area is 105 Å². The van der Waals surface area contributed by atoms with E-state index in [4.69, 9.17) is 9.15 Å². The first-order valence-electron chi connectivity index (χ1n) is 5.60. The molecule has 0 saturated carbocycles. The number of ether oxygens (including phenoxy) is 1. The second-order valence-corrected chi connectivity index (χ2v) is 3.56. The summed E-state index contributed by atoms with van der Waals surface area (Å²) < 4.78 is 10.6. The molecule has 92 valence electrons. The maximum atomic E-state index is 11.8. The van der Waals surface area contributed by atoms with Gasteiger partial charge in [-0.2, -0.15) is 0 Å². The summed E-state index contributed by atoms with van der Waals surface area (Å²) in [6.07, 6.45) is 4.84. The molecule has 0 aliphatic rings. The third-order valence-electron chi connectivity index (χ3n) is 2.37. The molecule has 0 aliphatic heterocycles. The molecule has 0 N–H and O–H groups in total. The predicted octanol–water partition coefficient (Wildman–Crippen LogP) is 3.16. The molecule has 4 nitrogen and oxygen atoms in total. The fourth-order valence-electron chi connectivity index (χ4n) is 1.58. The third-order valence-corrected chi connectivity index (χ3v) is 2.37. The molecular formula is C14H13NO3. The summed E-state index contributed by atoms with van der Waals surface area (Å²) in [5.74, 6) is 0.571. The molecule has 2 aromatic heterocycles. The van der Waals surface area contributed by atoms with Crippen molar-refractivity contribution in [3.05, 3.63) is 48.5 Å². The third kappa shape index (κ3) is 2.32. The molecular weight excluding hydrogens is 230 g/mol. The van der Waals surface area contributed by atoms with Crippen molar-refractivity contribution in [3.8, 4) is 11.3 Å². The van der Waals surface area contributed by atoms with E-state index in [1.165, 1.54) is 0 Å². The summed E-state index contributed by atoms with van der Waals surface area (Å²) in [4.78, 5) is 15.8. The highest BCUT2D eigenvalue weighted by atomic mass is 16.5. The Kier molecular flexibility index (Phi) is 3.57. The van der Waals surface area contributed by atoms with Gasteiger partial charge in [0, 0.05) is 18.0 Å². The number of rotatable bonds is 4. The maximum absolute atomic E-state index is 11.8. The van der Waals surface area contributed by atoms with Gasteiger partial charge in [-0.25, -0.2) is 4.79 Å². The van der Waals surface area contributed by atoms with Crippen LogP contribution in [0.2, 0.25) is 0 Å². The van der Waals surface area contributed by atoms with E-state index in [0.717, 1.165) is 5.56 Å². The lowest BCUT2D eigenvalue weighted by atomic mass is 10.1. The molecule has 0 atom stereocenters. The van der Waals surface area contributed by atoms with E-state index in [0.29, 0.717) is 23.7 Å². The predicted molar refractivity (Wildman–Crippen MR) is 68.0 cm³/mol. The van der Waals surface area contributed by atoms with Crippen LogP contribution in [-0.4, -0.2) is 17.6 Å². The Morgan fingerprint density at radius 1 is 1.61 bits per heavy atom. The molecule has 2 rings (SSSR count). The first-order valence-corrected chi connectivity index (χ1v) is 5.60. The van der Waals surface area contributed by atoms with Crippen molar-refractivity contribution in [2.75, 3.05) is 6.61 Å². The van der Waals surface area contributed by atoms with E-state index >= 15 is 0 Å². The number of furan rings is 1. The molecule has 2 heterocycles. The summed E-state index contributed by atoms with van der Waals surface area (Å²) in [5, 5.41) is 0. The Balaban J connectivity index is 2.49. The lowest BCUT2D eigenvalue weighted by Gasteiger charge is -2.01. The van der Waals surface area contributed by atoms with Crippen LogP contribution < -0.4 is 0 Å². The molecule has 0 spiro atoms. The van der Waals surface area contributed by atoms with Gasteiger partial charge in [0.1, 0.15) is 11.3 Å². The first-order chi connectivity index (χ1) is 8.76. The van der Waals surface area contributed by atoms with Gasteiger partial charge in [-0.3, -0.25) is 4.98 Å². The number of hydrogen-bond acceptors (Lipinski definition) is 4. The van der Waals surface area contributed by atoms with Crippen molar-refractivity contribution in [2.24, 2.45) is 0 Å². The van der Waals surface area contributed by atoms with Crippen molar-refractivity contribution >= 4 is 12.0 Å². The fourth-order valence-corrected chi connectivity index (χ4v) is 1.58. The van der Waals surface area contributed by atoms with Crippen LogP contribution in [0.15, 0.2) is 41.6 Å². The van der Waals surface area contributed by atoms with E-state index in [1.807, 2.05) is 6.07 Å². The van der Waals surface area contributed by atoms with E-state index in [2.05, 4.69) is 11.6 Å². The summed E-state index contributed by atoms with van der Waals surface area (Å²) in [6.45, 7) is 5.70. The van der Waals surface area contributed by atoms with Crippen LogP contribution in [0.3, 0.4) is 0 Å². The Morgan fingerprint density at radius 3 is 3.06 bits per heavy atom. The number of carbonyl (C=O) groups excluding carboxylic acids is 1. The second kappa shape index (κ2) is 5.31. The minimum atomic E-state index is -0.409. The monoisotopic (exact) mass is 243 g/mol. The molecule has 0 amide bonds. The molecule has 0 aromatic carbocycles. The van der Waals surface area contributed by atoms with E-state index < -0.39 is 5.97 Å². The van der Waals surface area contributed by atoms with Crippen LogP contribution in [-0.2, 0) is 4.74 Å². The molecule has 4 heteroatoms. The largest absolute Gasteiger partial charge is 0.462 e. The van der Waals surface area contributed by atoms with Gasteiger partial charge in [0.05, 0.1) is 6.61 Å². The highest BCUT2D eigenvalue weighted by molar-refractivity contribution is 5.96. The van der Waals surface area contributed by atoms with Crippen LogP contribution >= 0.6 is 0 Å². The average Bonchev–Trinajstić information content (AvgIpc) is 2.84. The van der Waals surface area contributed by atoms with Crippen molar-refractivity contribution in [1.29, 1.82) is 0 Å². The molecule has 0 aliphatic carbocycles. The number of pyridine rings is 1. The molecule has 18 heavy (non-hydrogen) atoms. The van der Waals surface area contributed by atoms with Gasteiger partial charge in [-0.15, -0.1) is 0 Å². The van der Waals surface area contributed by atoms with Gasteiger partial charge in [-0.05, 0) is 31.2 Å². The Morgan fingerprint density at radius 2 is 2.44 bits per heavy atom. The van der Waals surface area contributed by atoms with Gasteiger partial charge >= 0.3 is 5.97 Å². The van der Waals surface area contributed by atoms with Gasteiger partial charge in [0.25, 0.3) is 0 Å². The van der Waals surface area contributed by atoms with E-state index in [1.54, 1.807) is 37.5 Å². The van der Waals surface area contributed by atoms with Crippen molar-refractivity contribution in [1.82, 2.24) is 4.98 Å². The molecule has 0 fully saturated rings. The fraction of sp³-hybridized carbons (Fsp3) is 0.143. The highest BCUT2D eigenvalue weighted by Gasteiger charge is 2.19. The molecule has 0 unspecified atom stereocenters. The van der Waals surface area contributed by atoms with Gasteiger partial charge in [0.2, 0.25) is 0 Å². The summed E-state index contributed by atoms with van der Waals surface area (Å²) >= 11 is 0. The standard InChI is InChI=1S/C14H13NO3/c1-3-11-8-12(14(16)17-4-2)13(18-11)10-6-5-7-15-9-10/h3,5-9H,1,4H2,2H3. The lowest BCUT2D eigenvalue weighted by molar-refractivity contribution is 0.0527. The first kappa shape index (κ1) is 12.1. The van der Waals surface area contributed by atoms with Crippen LogP contribution in [0.1, 0.15) is 23.0 Å². The number of nitrogens with zero attached hydrogens (tertiary/aromatic N) is 1. The molecule has 2 aromatic rings. The number of carbonyl (C=O) groups is 1. The number of aromatic nitrogens is 1. The van der Waals surface area contributed by atoms with Crippen LogP contribution in [0.5, 0.6) is 0 Å². The SMILES string of the molecule is C=Cc1cc(C(=O)OCC)c(-c2cccnc2)o1. The topological polar surface area (TPSA) is 52.3 Å². The zero-order chi connectivity index (χ0) is 13.0. The lowest BCUT2D eigenvalue weighted by Crippen LogP contribution is -2.04. The second-order valence-electron chi connectivity index (χ2n) is 3.56. The zero-order valence-corrected chi connectivity index (χ0v) is 10.1. The van der Waals surface area contributed by atoms with E-state index in [-0.39, 0.29) is 0 Å². The van der Waals surface area contributed by atoms with Gasteiger partial charge in [0.15, 0.2) is 5.76 Å². The molecule has 0 bridgehead atoms. The minimum absolute atomic E-state index is 0.319. The average molecular weight is 243 g/mol. The maximum Gasteiger partial charge on any atom is 0.342 e. The molecule has 0 saturated heterocycles. The minimum Gasteiger partial charge on any atom is -0.462 e. The summed E-state index contributed by atoms with van der Waals surface area (Å²) in [6, 6.07) is 5.22. The Hall–Kier alpha value is -2.36.